The topological polar surface area (TPSA) is 63.8 Å². The maximum absolute atomic E-state index is 5.56. The quantitative estimate of drug-likeness (QED) is 0.752. The number of anilines is 1. The molecule has 0 unspecified atom stereocenters. The molecule has 0 atom stereocenters. The third-order valence-corrected chi connectivity index (χ3v) is 2.91. The van der Waals surface area contributed by atoms with Crippen LogP contribution >= 0.6 is 12.2 Å². The van der Waals surface area contributed by atoms with Crippen LogP contribution in [0, 0.1) is 5.92 Å². The summed E-state index contributed by atoms with van der Waals surface area (Å²) in [7, 11) is 0. The van der Waals surface area contributed by atoms with E-state index >= 15 is 0 Å². The molecule has 1 aliphatic carbocycles. The number of rotatable bonds is 4. The number of nitrogens with zero attached hydrogens (tertiary/aromatic N) is 2. The Morgan fingerprint density at radius 1 is 1.47 bits per heavy atom. The van der Waals surface area contributed by atoms with Crippen molar-refractivity contribution in [2.45, 2.75) is 19.3 Å². The van der Waals surface area contributed by atoms with Crippen molar-refractivity contribution in [2.75, 3.05) is 11.9 Å². The lowest BCUT2D eigenvalue weighted by Crippen LogP contribution is -2.23. The Morgan fingerprint density at radius 2 is 2.20 bits per heavy atom. The summed E-state index contributed by atoms with van der Waals surface area (Å²) < 4.78 is 0. The highest BCUT2D eigenvalue weighted by molar-refractivity contribution is 7.80. The molecule has 15 heavy (non-hydrogen) atoms. The number of hydrogen-bond donors (Lipinski definition) is 2. The first kappa shape index (κ1) is 10.3. The van der Waals surface area contributed by atoms with Gasteiger partial charge in [0.2, 0.25) is 0 Å². The van der Waals surface area contributed by atoms with Gasteiger partial charge in [-0.25, -0.2) is 9.97 Å². The SMILES string of the molecule is NC(=S)c1nccnc1NCC1CCC1. The number of hydrogen-bond acceptors (Lipinski definition) is 4. The lowest BCUT2D eigenvalue weighted by molar-refractivity contribution is 0.333. The van der Waals surface area contributed by atoms with E-state index in [2.05, 4.69) is 15.3 Å². The molecule has 5 heteroatoms. The summed E-state index contributed by atoms with van der Waals surface area (Å²) >= 11 is 4.91. The van der Waals surface area contributed by atoms with Gasteiger partial charge in [-0.15, -0.1) is 0 Å². The van der Waals surface area contributed by atoms with Crippen molar-refractivity contribution in [3.63, 3.8) is 0 Å². The lowest BCUT2D eigenvalue weighted by atomic mass is 9.85. The van der Waals surface area contributed by atoms with E-state index in [-0.39, 0.29) is 0 Å². The fraction of sp³-hybridized carbons (Fsp3) is 0.500. The van der Waals surface area contributed by atoms with E-state index in [4.69, 9.17) is 18.0 Å². The Balaban J connectivity index is 2.02. The number of aromatic nitrogens is 2. The Bertz CT molecular complexity index is 362. The summed E-state index contributed by atoms with van der Waals surface area (Å²) in [5, 5.41) is 3.26. The summed E-state index contributed by atoms with van der Waals surface area (Å²) in [5.41, 5.74) is 6.15. The first-order chi connectivity index (χ1) is 7.27. The molecule has 1 aromatic rings. The van der Waals surface area contributed by atoms with Crippen molar-refractivity contribution < 1.29 is 0 Å². The molecule has 1 aliphatic rings. The summed E-state index contributed by atoms with van der Waals surface area (Å²) in [6.45, 7) is 0.939. The second-order valence-corrected chi connectivity index (χ2v) is 4.24. The zero-order valence-corrected chi connectivity index (χ0v) is 9.26. The van der Waals surface area contributed by atoms with E-state index in [0.717, 1.165) is 12.5 Å². The largest absolute Gasteiger partial charge is 0.388 e. The van der Waals surface area contributed by atoms with Gasteiger partial charge in [0.05, 0.1) is 0 Å². The molecule has 1 heterocycles. The Kier molecular flexibility index (Phi) is 3.11. The highest BCUT2D eigenvalue weighted by Gasteiger charge is 2.17. The molecule has 0 amide bonds. The van der Waals surface area contributed by atoms with Gasteiger partial charge in [0.15, 0.2) is 5.82 Å². The van der Waals surface area contributed by atoms with Crippen LogP contribution in [0.3, 0.4) is 0 Å². The van der Waals surface area contributed by atoms with Crippen molar-refractivity contribution in [3.05, 3.63) is 18.1 Å². The van der Waals surface area contributed by atoms with Crippen molar-refractivity contribution in [1.82, 2.24) is 9.97 Å². The van der Waals surface area contributed by atoms with Gasteiger partial charge in [0.25, 0.3) is 0 Å². The van der Waals surface area contributed by atoms with E-state index in [1.807, 2.05) is 0 Å². The second-order valence-electron chi connectivity index (χ2n) is 3.80. The molecule has 80 valence electrons. The molecule has 0 saturated heterocycles. The average Bonchev–Trinajstić information content (AvgIpc) is 2.16. The molecule has 3 N–H and O–H groups in total. The fourth-order valence-corrected chi connectivity index (χ4v) is 1.74. The highest BCUT2D eigenvalue weighted by Crippen LogP contribution is 2.26. The first-order valence-electron chi connectivity index (χ1n) is 5.12. The third kappa shape index (κ3) is 2.41. The Hall–Kier alpha value is -1.23. The lowest BCUT2D eigenvalue weighted by Gasteiger charge is -2.25. The van der Waals surface area contributed by atoms with Crippen LogP contribution in [0.1, 0.15) is 25.0 Å². The molecular weight excluding hydrogens is 208 g/mol. The minimum Gasteiger partial charge on any atom is -0.388 e. The zero-order valence-electron chi connectivity index (χ0n) is 8.44. The maximum Gasteiger partial charge on any atom is 0.155 e. The van der Waals surface area contributed by atoms with Crippen molar-refractivity contribution in [2.24, 2.45) is 11.7 Å². The highest BCUT2D eigenvalue weighted by atomic mass is 32.1. The van der Waals surface area contributed by atoms with E-state index in [9.17, 15) is 0 Å². The van der Waals surface area contributed by atoms with Gasteiger partial charge in [0, 0.05) is 18.9 Å². The van der Waals surface area contributed by atoms with Crippen LogP contribution in [0.25, 0.3) is 0 Å². The molecule has 1 saturated carbocycles. The Labute approximate surface area is 94.3 Å². The standard InChI is InChI=1S/C10H14N4S/c11-9(15)8-10(13-5-4-12-8)14-6-7-2-1-3-7/h4-5,7H,1-3,6H2,(H2,11,15)(H,13,14). The van der Waals surface area contributed by atoms with Gasteiger partial charge in [-0.3, -0.25) is 0 Å². The van der Waals surface area contributed by atoms with Crippen molar-refractivity contribution in [1.29, 1.82) is 0 Å². The van der Waals surface area contributed by atoms with Crippen LogP contribution in [-0.2, 0) is 0 Å². The first-order valence-corrected chi connectivity index (χ1v) is 5.53. The van der Waals surface area contributed by atoms with Crippen molar-refractivity contribution in [3.8, 4) is 0 Å². The summed E-state index contributed by atoms with van der Waals surface area (Å²) in [5.74, 6) is 1.48. The fourth-order valence-electron chi connectivity index (χ4n) is 1.59. The molecule has 1 aromatic heterocycles. The molecule has 0 aromatic carbocycles. The summed E-state index contributed by atoms with van der Waals surface area (Å²) in [6, 6.07) is 0. The molecule has 0 spiro atoms. The predicted molar refractivity (Wildman–Crippen MR) is 63.8 cm³/mol. The second kappa shape index (κ2) is 4.53. The van der Waals surface area contributed by atoms with E-state index < -0.39 is 0 Å². The van der Waals surface area contributed by atoms with Gasteiger partial charge >= 0.3 is 0 Å². The minimum absolute atomic E-state index is 0.291. The molecule has 0 radical (unpaired) electrons. The van der Waals surface area contributed by atoms with Crippen LogP contribution in [0.15, 0.2) is 12.4 Å². The van der Waals surface area contributed by atoms with Gasteiger partial charge in [0.1, 0.15) is 10.7 Å². The average molecular weight is 222 g/mol. The zero-order chi connectivity index (χ0) is 10.7. The van der Waals surface area contributed by atoms with Crippen LogP contribution in [0.2, 0.25) is 0 Å². The monoisotopic (exact) mass is 222 g/mol. The Morgan fingerprint density at radius 3 is 2.80 bits per heavy atom. The number of nitrogens with two attached hydrogens (primary N) is 1. The van der Waals surface area contributed by atoms with Crippen LogP contribution in [0.4, 0.5) is 5.82 Å². The van der Waals surface area contributed by atoms with Crippen LogP contribution in [0.5, 0.6) is 0 Å². The minimum atomic E-state index is 0.291. The summed E-state index contributed by atoms with van der Waals surface area (Å²) in [6.07, 6.45) is 7.19. The number of thiocarbonyl (C=S) groups is 1. The molecule has 2 rings (SSSR count). The van der Waals surface area contributed by atoms with Gasteiger partial charge in [-0.1, -0.05) is 18.6 Å². The summed E-state index contributed by atoms with van der Waals surface area (Å²) in [4.78, 5) is 8.59. The normalized spacial score (nSPS) is 15.7. The smallest absolute Gasteiger partial charge is 0.155 e. The predicted octanol–water partition coefficient (Wildman–Crippen LogP) is 1.32. The molecular formula is C10H14N4S. The van der Waals surface area contributed by atoms with E-state index in [1.54, 1.807) is 12.4 Å². The van der Waals surface area contributed by atoms with E-state index in [1.165, 1.54) is 19.3 Å². The van der Waals surface area contributed by atoms with Gasteiger partial charge in [-0.2, -0.15) is 0 Å². The van der Waals surface area contributed by atoms with Crippen molar-refractivity contribution >= 4 is 23.0 Å². The van der Waals surface area contributed by atoms with Crippen LogP contribution < -0.4 is 11.1 Å². The molecule has 0 bridgehead atoms. The van der Waals surface area contributed by atoms with Gasteiger partial charge < -0.3 is 11.1 Å². The molecule has 4 nitrogen and oxygen atoms in total. The van der Waals surface area contributed by atoms with Crippen LogP contribution in [-0.4, -0.2) is 21.5 Å². The third-order valence-electron chi connectivity index (χ3n) is 2.71. The molecule has 0 aliphatic heterocycles. The maximum atomic E-state index is 5.56. The molecule has 1 fully saturated rings. The van der Waals surface area contributed by atoms with E-state index in [0.29, 0.717) is 16.5 Å². The van der Waals surface area contributed by atoms with Gasteiger partial charge in [-0.05, 0) is 18.8 Å². The number of nitrogens with one attached hydrogen (secondary N) is 1.